The number of aryl methyl sites for hydroxylation is 1. The van der Waals surface area contributed by atoms with E-state index in [1.165, 1.54) is 0 Å². The Morgan fingerprint density at radius 1 is 1.35 bits per heavy atom. The molecule has 0 bridgehead atoms. The zero-order valence-corrected chi connectivity index (χ0v) is 11.5. The Kier molecular flexibility index (Phi) is 4.48. The maximum absolute atomic E-state index is 11.1. The molecule has 0 saturated heterocycles. The van der Waals surface area contributed by atoms with Crippen molar-refractivity contribution in [2.75, 3.05) is 0 Å². The van der Waals surface area contributed by atoms with Crippen LogP contribution in [0.2, 0.25) is 0 Å². The number of hydrogen-bond donors (Lipinski definition) is 1. The van der Waals surface area contributed by atoms with E-state index in [-0.39, 0.29) is 0 Å². The van der Waals surface area contributed by atoms with Crippen LogP contribution in [-0.4, -0.2) is 16.4 Å². The molecule has 0 amide bonds. The first-order valence-electron chi connectivity index (χ1n) is 6.43. The van der Waals surface area contributed by atoms with E-state index >= 15 is 0 Å². The second-order valence-electron chi connectivity index (χ2n) is 4.63. The number of hydrogen-bond acceptors (Lipinski definition) is 4. The predicted molar refractivity (Wildman–Crippen MR) is 75.8 cm³/mol. The van der Waals surface area contributed by atoms with Crippen molar-refractivity contribution in [2.45, 2.75) is 26.6 Å². The van der Waals surface area contributed by atoms with Gasteiger partial charge in [-0.1, -0.05) is 30.3 Å². The lowest BCUT2D eigenvalue weighted by Crippen LogP contribution is -2.05. The molecule has 1 aromatic heterocycles. The fourth-order valence-electron chi connectivity index (χ4n) is 1.96. The highest BCUT2D eigenvalue weighted by molar-refractivity contribution is 5.78. The number of aldehydes is 1. The van der Waals surface area contributed by atoms with E-state index in [2.05, 4.69) is 4.98 Å². The molecule has 1 N–H and O–H groups in total. The van der Waals surface area contributed by atoms with Gasteiger partial charge in [-0.15, -0.1) is 0 Å². The Morgan fingerprint density at radius 3 is 2.65 bits per heavy atom. The summed E-state index contributed by atoms with van der Waals surface area (Å²) in [6, 6.07) is 11.3. The number of aliphatic hydroxyl groups excluding tert-OH is 1. The van der Waals surface area contributed by atoms with E-state index in [0.29, 0.717) is 35.6 Å². The summed E-state index contributed by atoms with van der Waals surface area (Å²) in [5.41, 5.74) is 2.65. The summed E-state index contributed by atoms with van der Waals surface area (Å²) in [4.78, 5) is 15.4. The van der Waals surface area contributed by atoms with Crippen molar-refractivity contribution >= 4 is 6.29 Å². The molecule has 2 aromatic rings. The van der Waals surface area contributed by atoms with Crippen LogP contribution < -0.4 is 4.74 Å². The fourth-order valence-corrected chi connectivity index (χ4v) is 1.96. The number of ether oxygens (including phenoxy) is 1. The first-order valence-corrected chi connectivity index (χ1v) is 6.43. The molecule has 1 aromatic carbocycles. The number of pyridine rings is 1. The zero-order valence-electron chi connectivity index (χ0n) is 11.5. The van der Waals surface area contributed by atoms with Crippen molar-refractivity contribution in [3.05, 3.63) is 58.8 Å². The van der Waals surface area contributed by atoms with Gasteiger partial charge in [-0.05, 0) is 25.5 Å². The summed E-state index contributed by atoms with van der Waals surface area (Å²) in [5, 5.41) is 9.63. The van der Waals surface area contributed by atoms with E-state index in [9.17, 15) is 9.90 Å². The molecule has 2 rings (SSSR count). The molecular weight excluding hydrogens is 254 g/mol. The van der Waals surface area contributed by atoms with Gasteiger partial charge in [0.15, 0.2) is 6.29 Å². The summed E-state index contributed by atoms with van der Waals surface area (Å²) in [7, 11) is 0. The van der Waals surface area contributed by atoms with Crippen LogP contribution in [0.4, 0.5) is 0 Å². The summed E-state index contributed by atoms with van der Waals surface area (Å²) >= 11 is 0. The summed E-state index contributed by atoms with van der Waals surface area (Å²) < 4.78 is 5.61. The molecule has 0 aliphatic carbocycles. The van der Waals surface area contributed by atoms with Crippen molar-refractivity contribution in [1.29, 1.82) is 0 Å². The molecule has 4 nitrogen and oxygen atoms in total. The molecule has 0 saturated carbocycles. The largest absolute Gasteiger partial charge is 0.472 e. The lowest BCUT2D eigenvalue weighted by molar-refractivity contribution is 0.111. The van der Waals surface area contributed by atoms with Crippen molar-refractivity contribution in [3.63, 3.8) is 0 Å². The van der Waals surface area contributed by atoms with Crippen LogP contribution in [0.3, 0.4) is 0 Å². The number of nitrogens with zero attached hydrogens (tertiary/aromatic N) is 1. The van der Waals surface area contributed by atoms with Gasteiger partial charge in [-0.25, -0.2) is 4.98 Å². The van der Waals surface area contributed by atoms with E-state index in [1.54, 1.807) is 19.9 Å². The van der Waals surface area contributed by atoms with Crippen molar-refractivity contribution in [2.24, 2.45) is 0 Å². The van der Waals surface area contributed by atoms with Gasteiger partial charge in [0.25, 0.3) is 0 Å². The smallest absolute Gasteiger partial charge is 0.224 e. The minimum Gasteiger partial charge on any atom is -0.472 e. The lowest BCUT2D eigenvalue weighted by Gasteiger charge is -2.13. The Morgan fingerprint density at radius 2 is 2.05 bits per heavy atom. The van der Waals surface area contributed by atoms with E-state index in [0.717, 1.165) is 5.56 Å². The Balaban J connectivity index is 2.23. The molecule has 0 aliphatic rings. The molecule has 20 heavy (non-hydrogen) atoms. The predicted octanol–water partition coefficient (Wildman–Crippen LogP) is 2.83. The van der Waals surface area contributed by atoms with Crippen molar-refractivity contribution in [1.82, 2.24) is 4.98 Å². The van der Waals surface area contributed by atoms with Crippen LogP contribution >= 0.6 is 0 Å². The first-order chi connectivity index (χ1) is 9.61. The van der Waals surface area contributed by atoms with E-state index < -0.39 is 6.10 Å². The van der Waals surface area contributed by atoms with Gasteiger partial charge in [0.2, 0.25) is 5.88 Å². The highest BCUT2D eigenvalue weighted by Crippen LogP contribution is 2.23. The number of carbonyl (C=O) groups is 1. The van der Waals surface area contributed by atoms with Crippen molar-refractivity contribution < 1.29 is 14.6 Å². The van der Waals surface area contributed by atoms with Gasteiger partial charge >= 0.3 is 0 Å². The number of aromatic nitrogens is 1. The maximum atomic E-state index is 11.1. The topological polar surface area (TPSA) is 59.4 Å². The number of carbonyl (C=O) groups excluding carboxylic acids is 1. The highest BCUT2D eigenvalue weighted by Gasteiger charge is 2.13. The van der Waals surface area contributed by atoms with Gasteiger partial charge in [0.05, 0.1) is 11.7 Å². The number of aliphatic hydroxyl groups is 1. The third kappa shape index (κ3) is 3.22. The third-order valence-corrected chi connectivity index (χ3v) is 3.04. The SMILES string of the molecule is Cc1nc(OCc2ccccc2)c(C=O)cc1C(C)O. The zero-order chi connectivity index (χ0) is 14.5. The molecule has 1 unspecified atom stereocenters. The average Bonchev–Trinajstić information content (AvgIpc) is 2.46. The number of rotatable bonds is 5. The molecule has 1 heterocycles. The van der Waals surface area contributed by atoms with Crippen LogP contribution in [0.5, 0.6) is 5.88 Å². The van der Waals surface area contributed by atoms with Crippen LogP contribution in [0.25, 0.3) is 0 Å². The molecule has 4 heteroatoms. The summed E-state index contributed by atoms with van der Waals surface area (Å²) in [6.45, 7) is 3.78. The van der Waals surface area contributed by atoms with E-state index in [1.807, 2.05) is 30.3 Å². The lowest BCUT2D eigenvalue weighted by atomic mass is 10.1. The van der Waals surface area contributed by atoms with Crippen LogP contribution in [0, 0.1) is 6.92 Å². The van der Waals surface area contributed by atoms with Crippen LogP contribution in [-0.2, 0) is 6.61 Å². The van der Waals surface area contributed by atoms with E-state index in [4.69, 9.17) is 4.74 Å². The Hall–Kier alpha value is -2.20. The monoisotopic (exact) mass is 271 g/mol. The van der Waals surface area contributed by atoms with Crippen LogP contribution in [0.15, 0.2) is 36.4 Å². The Labute approximate surface area is 118 Å². The van der Waals surface area contributed by atoms with Crippen molar-refractivity contribution in [3.8, 4) is 5.88 Å². The summed E-state index contributed by atoms with van der Waals surface area (Å²) in [6.07, 6.45) is 0.0305. The van der Waals surface area contributed by atoms with Gasteiger partial charge in [0.1, 0.15) is 6.61 Å². The average molecular weight is 271 g/mol. The maximum Gasteiger partial charge on any atom is 0.224 e. The molecule has 0 radical (unpaired) electrons. The first kappa shape index (κ1) is 14.2. The molecule has 1 atom stereocenters. The Bertz CT molecular complexity index is 594. The van der Waals surface area contributed by atoms with Gasteiger partial charge in [-0.2, -0.15) is 0 Å². The van der Waals surface area contributed by atoms with Gasteiger partial charge < -0.3 is 9.84 Å². The molecule has 104 valence electrons. The van der Waals surface area contributed by atoms with Crippen LogP contribution in [0.1, 0.15) is 40.2 Å². The third-order valence-electron chi connectivity index (χ3n) is 3.04. The minimum atomic E-state index is -0.663. The molecule has 0 aliphatic heterocycles. The highest BCUT2D eigenvalue weighted by atomic mass is 16.5. The quantitative estimate of drug-likeness (QED) is 0.849. The summed E-state index contributed by atoms with van der Waals surface area (Å²) in [5.74, 6) is 0.297. The minimum absolute atomic E-state index is 0.297. The standard InChI is InChI=1S/C16H17NO3/c1-11-15(12(2)19)8-14(9-18)16(17-11)20-10-13-6-4-3-5-7-13/h3-9,12,19H,10H2,1-2H3. The normalized spacial score (nSPS) is 11.9. The molecule has 0 spiro atoms. The molecule has 0 fully saturated rings. The number of benzene rings is 1. The van der Waals surface area contributed by atoms with Gasteiger partial charge in [0, 0.05) is 11.3 Å². The fraction of sp³-hybridized carbons (Fsp3) is 0.250. The second kappa shape index (κ2) is 6.30. The van der Waals surface area contributed by atoms with Gasteiger partial charge in [-0.3, -0.25) is 4.79 Å². The second-order valence-corrected chi connectivity index (χ2v) is 4.63. The molecular formula is C16H17NO3.